The summed E-state index contributed by atoms with van der Waals surface area (Å²) >= 11 is 5.83. The van der Waals surface area contributed by atoms with Crippen molar-refractivity contribution in [2.24, 2.45) is 0 Å². The summed E-state index contributed by atoms with van der Waals surface area (Å²) in [5.41, 5.74) is 6.05. The van der Waals surface area contributed by atoms with E-state index in [4.69, 9.17) is 22.1 Å². The van der Waals surface area contributed by atoms with Crippen LogP contribution in [0.25, 0.3) is 0 Å². The zero-order valence-electron chi connectivity index (χ0n) is 7.12. The van der Waals surface area contributed by atoms with E-state index < -0.39 is 10.8 Å². The third-order valence-corrected chi connectivity index (χ3v) is 3.24. The number of hydrogen-bond acceptors (Lipinski definition) is 3. The monoisotopic (exact) mass is 219 g/mol. The van der Waals surface area contributed by atoms with Gasteiger partial charge in [-0.25, -0.2) is 0 Å². The van der Waals surface area contributed by atoms with Crippen molar-refractivity contribution < 1.29 is 8.95 Å². The van der Waals surface area contributed by atoms with Gasteiger partial charge in [0.1, 0.15) is 5.94 Å². The molecule has 2 N–H and O–H groups in total. The Morgan fingerprint density at radius 1 is 1.62 bits per heavy atom. The van der Waals surface area contributed by atoms with Crippen molar-refractivity contribution in [3.8, 4) is 0 Å². The molecule has 0 saturated carbocycles. The van der Waals surface area contributed by atoms with Gasteiger partial charge in [0.25, 0.3) is 0 Å². The molecule has 0 aliphatic rings. The lowest BCUT2D eigenvalue weighted by molar-refractivity contribution is 0.254. The van der Waals surface area contributed by atoms with Crippen molar-refractivity contribution in [3.63, 3.8) is 0 Å². The summed E-state index contributed by atoms with van der Waals surface area (Å²) in [5, 5.41) is 0.412. The highest BCUT2D eigenvalue weighted by molar-refractivity contribution is 7.85. The normalized spacial score (nSPS) is 12.8. The first-order valence-corrected chi connectivity index (χ1v) is 5.27. The second-order valence-corrected chi connectivity index (χ2v) is 4.15. The van der Waals surface area contributed by atoms with E-state index in [1.165, 1.54) is 7.11 Å². The van der Waals surface area contributed by atoms with Gasteiger partial charge in [-0.1, -0.05) is 17.7 Å². The van der Waals surface area contributed by atoms with Gasteiger partial charge < -0.3 is 10.5 Å². The Bertz CT molecular complexity index is 310. The van der Waals surface area contributed by atoms with Gasteiger partial charge >= 0.3 is 0 Å². The molecule has 72 valence electrons. The summed E-state index contributed by atoms with van der Waals surface area (Å²) < 4.78 is 16.3. The summed E-state index contributed by atoms with van der Waals surface area (Å²) in [6.45, 7) is 0. The number of benzene rings is 1. The third kappa shape index (κ3) is 2.43. The first kappa shape index (κ1) is 10.5. The Balaban J connectivity index is 3.05. The number of methoxy groups -OCH3 is 1. The van der Waals surface area contributed by atoms with Crippen LogP contribution in [0.15, 0.2) is 23.1 Å². The molecule has 0 heterocycles. The van der Waals surface area contributed by atoms with Crippen molar-refractivity contribution in [1.29, 1.82) is 0 Å². The molecule has 3 nitrogen and oxygen atoms in total. The number of nitrogen functional groups attached to an aromatic ring is 1. The predicted octanol–water partition coefficient (Wildman–Crippen LogP) is 1.63. The molecule has 1 aromatic rings. The smallest absolute Gasteiger partial charge is 0.126 e. The molecule has 0 amide bonds. The zero-order valence-corrected chi connectivity index (χ0v) is 8.69. The van der Waals surface area contributed by atoms with E-state index in [1.54, 1.807) is 18.2 Å². The maximum atomic E-state index is 11.5. The Hall–Kier alpha value is -0.580. The van der Waals surface area contributed by atoms with E-state index in [0.717, 1.165) is 0 Å². The van der Waals surface area contributed by atoms with E-state index in [-0.39, 0.29) is 5.94 Å². The van der Waals surface area contributed by atoms with Crippen molar-refractivity contribution in [2.75, 3.05) is 18.8 Å². The van der Waals surface area contributed by atoms with E-state index >= 15 is 0 Å². The summed E-state index contributed by atoms with van der Waals surface area (Å²) in [6.07, 6.45) is 0. The van der Waals surface area contributed by atoms with Gasteiger partial charge in [0.05, 0.1) is 20.7 Å². The van der Waals surface area contributed by atoms with Crippen molar-refractivity contribution in [3.05, 3.63) is 23.2 Å². The highest BCUT2D eigenvalue weighted by Crippen LogP contribution is 2.25. The maximum Gasteiger partial charge on any atom is 0.126 e. The molecule has 0 fully saturated rings. The van der Waals surface area contributed by atoms with Crippen LogP contribution in [-0.4, -0.2) is 17.3 Å². The summed E-state index contributed by atoms with van der Waals surface area (Å²) in [6, 6.07) is 5.03. The van der Waals surface area contributed by atoms with Crippen LogP contribution in [0.3, 0.4) is 0 Å². The molecule has 1 rings (SSSR count). The van der Waals surface area contributed by atoms with Crippen LogP contribution in [-0.2, 0) is 15.5 Å². The zero-order chi connectivity index (χ0) is 9.84. The van der Waals surface area contributed by atoms with Gasteiger partial charge in [-0.2, -0.15) is 0 Å². The van der Waals surface area contributed by atoms with Crippen molar-refractivity contribution >= 4 is 28.1 Å². The number of anilines is 1. The Morgan fingerprint density at radius 3 is 2.85 bits per heavy atom. The van der Waals surface area contributed by atoms with Crippen molar-refractivity contribution in [2.45, 2.75) is 4.90 Å². The quantitative estimate of drug-likeness (QED) is 0.787. The molecule has 0 aromatic heterocycles. The number of hydrogen-bond donors (Lipinski definition) is 1. The minimum absolute atomic E-state index is 0.105. The molecule has 1 aromatic carbocycles. The summed E-state index contributed by atoms with van der Waals surface area (Å²) in [5.74, 6) is 0.105. The lowest BCUT2D eigenvalue weighted by atomic mass is 10.3. The van der Waals surface area contributed by atoms with Crippen LogP contribution < -0.4 is 5.73 Å². The van der Waals surface area contributed by atoms with Crippen molar-refractivity contribution in [1.82, 2.24) is 0 Å². The van der Waals surface area contributed by atoms with Gasteiger partial charge in [-0.15, -0.1) is 0 Å². The fraction of sp³-hybridized carbons (Fsp3) is 0.250. The molecule has 0 aliphatic heterocycles. The Morgan fingerprint density at radius 2 is 2.31 bits per heavy atom. The van der Waals surface area contributed by atoms with Crippen LogP contribution in [0.4, 0.5) is 5.69 Å². The molecule has 5 heteroatoms. The number of rotatable bonds is 3. The summed E-state index contributed by atoms with van der Waals surface area (Å²) in [7, 11) is 0.191. The largest absolute Gasteiger partial charge is 0.398 e. The lowest BCUT2D eigenvalue weighted by Gasteiger charge is -2.06. The van der Waals surface area contributed by atoms with Crippen LogP contribution in [0, 0.1) is 0 Å². The van der Waals surface area contributed by atoms with Crippen LogP contribution in [0.2, 0.25) is 5.02 Å². The van der Waals surface area contributed by atoms with Gasteiger partial charge in [-0.3, -0.25) is 4.21 Å². The maximum absolute atomic E-state index is 11.5. The molecule has 13 heavy (non-hydrogen) atoms. The van der Waals surface area contributed by atoms with Crippen LogP contribution in [0.1, 0.15) is 0 Å². The Labute approximate surface area is 84.3 Å². The molecule has 1 atom stereocenters. The first-order valence-electron chi connectivity index (χ1n) is 3.58. The fourth-order valence-corrected chi connectivity index (χ4v) is 2.32. The van der Waals surface area contributed by atoms with Gasteiger partial charge in [-0.05, 0) is 12.1 Å². The highest BCUT2D eigenvalue weighted by Gasteiger charge is 2.11. The van der Waals surface area contributed by atoms with E-state index in [2.05, 4.69) is 0 Å². The topological polar surface area (TPSA) is 52.3 Å². The number of nitrogens with two attached hydrogens (primary N) is 1. The minimum atomic E-state index is -1.29. The second-order valence-electron chi connectivity index (χ2n) is 2.41. The molecule has 0 bridgehead atoms. The number of halogens is 1. The molecule has 1 unspecified atom stereocenters. The van der Waals surface area contributed by atoms with Gasteiger partial charge in [0.2, 0.25) is 0 Å². The molecule has 0 spiro atoms. The fourth-order valence-electron chi connectivity index (χ4n) is 0.932. The SMILES string of the molecule is COCS(=O)c1c(N)cccc1Cl. The number of ether oxygens (including phenoxy) is 1. The second kappa shape index (κ2) is 4.60. The minimum Gasteiger partial charge on any atom is -0.398 e. The summed E-state index contributed by atoms with van der Waals surface area (Å²) in [4.78, 5) is 0.450. The Kier molecular flexibility index (Phi) is 3.71. The molecule has 0 aliphatic carbocycles. The van der Waals surface area contributed by atoms with E-state index in [1.807, 2.05) is 0 Å². The molecular weight excluding hydrogens is 210 g/mol. The van der Waals surface area contributed by atoms with E-state index in [9.17, 15) is 4.21 Å². The van der Waals surface area contributed by atoms with Crippen LogP contribution in [0.5, 0.6) is 0 Å². The predicted molar refractivity (Wildman–Crippen MR) is 54.1 cm³/mol. The van der Waals surface area contributed by atoms with Gasteiger partial charge in [0.15, 0.2) is 0 Å². The molecule has 0 radical (unpaired) electrons. The highest BCUT2D eigenvalue weighted by atomic mass is 35.5. The average molecular weight is 220 g/mol. The molecular formula is C8H10ClNO2S. The third-order valence-electron chi connectivity index (χ3n) is 1.45. The first-order chi connectivity index (χ1) is 6.16. The van der Waals surface area contributed by atoms with Crippen LogP contribution >= 0.6 is 11.6 Å². The average Bonchev–Trinajstić information content (AvgIpc) is 2.04. The standard InChI is InChI=1S/C8H10ClNO2S/c1-12-5-13(11)8-6(9)3-2-4-7(8)10/h2-4H,5,10H2,1H3. The van der Waals surface area contributed by atoms with Gasteiger partial charge in [0, 0.05) is 12.8 Å². The molecule has 0 saturated heterocycles. The lowest BCUT2D eigenvalue weighted by Crippen LogP contribution is -2.04. The van der Waals surface area contributed by atoms with E-state index in [0.29, 0.717) is 15.6 Å².